The van der Waals surface area contributed by atoms with Crippen molar-refractivity contribution < 1.29 is 4.79 Å². The van der Waals surface area contributed by atoms with Crippen molar-refractivity contribution in [2.45, 2.75) is 25.9 Å². The van der Waals surface area contributed by atoms with E-state index >= 15 is 0 Å². The predicted molar refractivity (Wildman–Crippen MR) is 73.9 cm³/mol. The number of carbonyl (C=O) groups is 1. The van der Waals surface area contributed by atoms with Crippen molar-refractivity contribution in [1.82, 2.24) is 20.3 Å². The van der Waals surface area contributed by atoms with E-state index in [4.69, 9.17) is 5.73 Å². The van der Waals surface area contributed by atoms with E-state index in [0.717, 1.165) is 11.3 Å². The first kappa shape index (κ1) is 13.7. The van der Waals surface area contributed by atoms with Crippen LogP contribution in [0, 0.1) is 0 Å². The summed E-state index contributed by atoms with van der Waals surface area (Å²) in [4.78, 5) is 13.2. The SMILES string of the molecule is CCC(NC(=O)c1cn(CCN)nn1)c1cccs1. The summed E-state index contributed by atoms with van der Waals surface area (Å²) in [5.74, 6) is -0.205. The third-order valence-electron chi connectivity index (χ3n) is 2.73. The number of nitrogens with two attached hydrogens (primary N) is 1. The first-order chi connectivity index (χ1) is 9.24. The molecule has 2 aromatic rings. The maximum Gasteiger partial charge on any atom is 0.273 e. The zero-order valence-corrected chi connectivity index (χ0v) is 11.6. The molecule has 1 unspecified atom stereocenters. The van der Waals surface area contributed by atoms with Crippen LogP contribution in [0.1, 0.15) is 34.8 Å². The standard InChI is InChI=1S/C12H17N5OS/c1-2-9(11-4-3-7-19-11)14-12(18)10-8-17(6-5-13)16-15-10/h3-4,7-9H,2,5-6,13H2,1H3,(H,14,18). The molecule has 0 bridgehead atoms. The molecule has 0 aromatic carbocycles. The molecule has 0 aliphatic heterocycles. The smallest absolute Gasteiger partial charge is 0.273 e. The average molecular weight is 279 g/mol. The number of nitrogens with zero attached hydrogens (tertiary/aromatic N) is 3. The fourth-order valence-corrected chi connectivity index (χ4v) is 2.60. The van der Waals surface area contributed by atoms with Gasteiger partial charge in [-0.1, -0.05) is 18.2 Å². The van der Waals surface area contributed by atoms with Gasteiger partial charge in [-0.05, 0) is 17.9 Å². The van der Waals surface area contributed by atoms with E-state index in [-0.39, 0.29) is 11.9 Å². The minimum absolute atomic E-state index is 0.0205. The Morgan fingerprint density at radius 1 is 1.63 bits per heavy atom. The second-order valence-electron chi connectivity index (χ2n) is 4.11. The topological polar surface area (TPSA) is 85.8 Å². The Morgan fingerprint density at radius 3 is 3.11 bits per heavy atom. The number of hydrogen-bond acceptors (Lipinski definition) is 5. The fourth-order valence-electron chi connectivity index (χ4n) is 1.74. The van der Waals surface area contributed by atoms with Crippen LogP contribution in [0.2, 0.25) is 0 Å². The van der Waals surface area contributed by atoms with Gasteiger partial charge in [0, 0.05) is 11.4 Å². The fraction of sp³-hybridized carbons (Fsp3) is 0.417. The van der Waals surface area contributed by atoms with Gasteiger partial charge in [0.15, 0.2) is 5.69 Å². The van der Waals surface area contributed by atoms with Gasteiger partial charge in [-0.25, -0.2) is 0 Å². The number of thiophene rings is 1. The second-order valence-corrected chi connectivity index (χ2v) is 5.08. The Bertz CT molecular complexity index is 522. The normalized spacial score (nSPS) is 12.3. The van der Waals surface area contributed by atoms with Gasteiger partial charge in [0.1, 0.15) is 0 Å². The molecule has 0 aliphatic carbocycles. The zero-order chi connectivity index (χ0) is 13.7. The molecule has 0 spiro atoms. The molecule has 2 rings (SSSR count). The summed E-state index contributed by atoms with van der Waals surface area (Å²) in [6, 6.07) is 4.02. The summed E-state index contributed by atoms with van der Waals surface area (Å²) in [5.41, 5.74) is 5.75. The summed E-state index contributed by atoms with van der Waals surface area (Å²) < 4.78 is 1.57. The van der Waals surface area contributed by atoms with E-state index in [1.807, 2.05) is 24.4 Å². The minimum atomic E-state index is -0.205. The van der Waals surface area contributed by atoms with Crippen LogP contribution in [0.4, 0.5) is 0 Å². The van der Waals surface area contributed by atoms with Gasteiger partial charge >= 0.3 is 0 Å². The molecule has 2 heterocycles. The van der Waals surface area contributed by atoms with Crippen molar-refractivity contribution in [3.63, 3.8) is 0 Å². The van der Waals surface area contributed by atoms with Crippen LogP contribution in [0.25, 0.3) is 0 Å². The van der Waals surface area contributed by atoms with E-state index in [1.54, 1.807) is 22.2 Å². The molecule has 1 amide bonds. The lowest BCUT2D eigenvalue weighted by Gasteiger charge is -2.14. The minimum Gasteiger partial charge on any atom is -0.343 e. The van der Waals surface area contributed by atoms with Crippen LogP contribution in [0.15, 0.2) is 23.7 Å². The average Bonchev–Trinajstić information content (AvgIpc) is 3.07. The van der Waals surface area contributed by atoms with Crippen molar-refractivity contribution >= 4 is 17.2 Å². The van der Waals surface area contributed by atoms with Crippen molar-refractivity contribution in [2.24, 2.45) is 5.73 Å². The highest BCUT2D eigenvalue weighted by Gasteiger charge is 2.17. The van der Waals surface area contributed by atoms with Gasteiger partial charge in [0.25, 0.3) is 5.91 Å². The quantitative estimate of drug-likeness (QED) is 0.831. The molecule has 19 heavy (non-hydrogen) atoms. The van der Waals surface area contributed by atoms with Crippen LogP contribution in [-0.2, 0) is 6.54 Å². The maximum absolute atomic E-state index is 12.1. The molecule has 102 valence electrons. The van der Waals surface area contributed by atoms with Gasteiger partial charge in [-0.3, -0.25) is 9.48 Å². The Hall–Kier alpha value is -1.73. The van der Waals surface area contributed by atoms with E-state index in [0.29, 0.717) is 18.8 Å². The van der Waals surface area contributed by atoms with Gasteiger partial charge in [0.05, 0.1) is 18.8 Å². The highest BCUT2D eigenvalue weighted by Crippen LogP contribution is 2.21. The van der Waals surface area contributed by atoms with Crippen molar-refractivity contribution in [3.05, 3.63) is 34.3 Å². The Balaban J connectivity index is 2.02. The van der Waals surface area contributed by atoms with Gasteiger partial charge in [-0.2, -0.15) is 0 Å². The Morgan fingerprint density at radius 2 is 2.47 bits per heavy atom. The van der Waals surface area contributed by atoms with E-state index in [2.05, 4.69) is 15.6 Å². The third kappa shape index (κ3) is 3.39. The molecule has 0 radical (unpaired) electrons. The number of carbonyl (C=O) groups excluding carboxylic acids is 1. The molecule has 7 heteroatoms. The van der Waals surface area contributed by atoms with Gasteiger partial charge in [0.2, 0.25) is 0 Å². The van der Waals surface area contributed by atoms with Crippen LogP contribution in [0.5, 0.6) is 0 Å². The first-order valence-corrected chi connectivity index (χ1v) is 7.07. The lowest BCUT2D eigenvalue weighted by atomic mass is 10.2. The van der Waals surface area contributed by atoms with E-state index in [9.17, 15) is 4.79 Å². The maximum atomic E-state index is 12.1. The number of aromatic nitrogens is 3. The molecule has 0 fully saturated rings. The largest absolute Gasteiger partial charge is 0.343 e. The third-order valence-corrected chi connectivity index (χ3v) is 3.72. The lowest BCUT2D eigenvalue weighted by molar-refractivity contribution is 0.0931. The molecule has 6 nitrogen and oxygen atoms in total. The summed E-state index contributed by atoms with van der Waals surface area (Å²) in [5, 5.41) is 12.7. The monoisotopic (exact) mass is 279 g/mol. The van der Waals surface area contributed by atoms with Crippen molar-refractivity contribution in [2.75, 3.05) is 6.54 Å². The van der Waals surface area contributed by atoms with Crippen LogP contribution >= 0.6 is 11.3 Å². The molecule has 0 saturated heterocycles. The van der Waals surface area contributed by atoms with Gasteiger partial charge < -0.3 is 11.1 Å². The summed E-state index contributed by atoms with van der Waals surface area (Å²) in [7, 11) is 0. The molecule has 0 saturated carbocycles. The Labute approximate surface area is 115 Å². The van der Waals surface area contributed by atoms with E-state index in [1.165, 1.54) is 0 Å². The molecule has 2 aromatic heterocycles. The molecule has 0 aliphatic rings. The van der Waals surface area contributed by atoms with Gasteiger partial charge in [-0.15, -0.1) is 16.4 Å². The zero-order valence-electron chi connectivity index (χ0n) is 10.7. The van der Waals surface area contributed by atoms with Crippen LogP contribution < -0.4 is 11.1 Å². The Kier molecular flexibility index (Phi) is 4.64. The first-order valence-electron chi connectivity index (χ1n) is 6.19. The second kappa shape index (κ2) is 6.44. The molecular formula is C12H17N5OS. The number of nitrogens with one attached hydrogen (secondary N) is 1. The van der Waals surface area contributed by atoms with Crippen LogP contribution in [0.3, 0.4) is 0 Å². The summed E-state index contributed by atoms with van der Waals surface area (Å²) in [6.45, 7) is 3.07. The summed E-state index contributed by atoms with van der Waals surface area (Å²) in [6.07, 6.45) is 2.45. The van der Waals surface area contributed by atoms with Crippen LogP contribution in [-0.4, -0.2) is 27.4 Å². The molecule has 1 atom stereocenters. The lowest BCUT2D eigenvalue weighted by Crippen LogP contribution is -2.27. The number of hydrogen-bond donors (Lipinski definition) is 2. The van der Waals surface area contributed by atoms with E-state index < -0.39 is 0 Å². The predicted octanol–water partition coefficient (Wildman–Crippen LogP) is 1.18. The number of rotatable bonds is 6. The van der Waals surface area contributed by atoms with Crippen molar-refractivity contribution in [1.29, 1.82) is 0 Å². The highest BCUT2D eigenvalue weighted by atomic mass is 32.1. The molecule has 3 N–H and O–H groups in total. The highest BCUT2D eigenvalue weighted by molar-refractivity contribution is 7.10. The van der Waals surface area contributed by atoms with Crippen molar-refractivity contribution in [3.8, 4) is 0 Å². The molecular weight excluding hydrogens is 262 g/mol. The number of amides is 1. The summed E-state index contributed by atoms with van der Waals surface area (Å²) >= 11 is 1.63.